The van der Waals surface area contributed by atoms with Crippen molar-refractivity contribution in [1.82, 2.24) is 0 Å². The van der Waals surface area contributed by atoms with Gasteiger partial charge in [-0.25, -0.2) is 0 Å². The molecule has 0 aromatic heterocycles. The molecule has 0 saturated heterocycles. The molecular formula is C11H20O2S2. The normalized spacial score (nSPS) is 15.3. The van der Waals surface area contributed by atoms with E-state index in [1.54, 1.807) is 17.6 Å². The monoisotopic (exact) mass is 248 g/mol. The Bertz CT molecular complexity index is 247. The van der Waals surface area contributed by atoms with Crippen molar-refractivity contribution >= 4 is 21.6 Å². The first kappa shape index (κ1) is 14.8. The highest BCUT2D eigenvalue weighted by molar-refractivity contribution is 7.88. The van der Waals surface area contributed by atoms with Crippen molar-refractivity contribution in [2.24, 2.45) is 0 Å². The van der Waals surface area contributed by atoms with Crippen LogP contribution in [0.2, 0.25) is 0 Å². The van der Waals surface area contributed by atoms with Gasteiger partial charge in [0.1, 0.15) is 0 Å². The molecule has 2 atom stereocenters. The Balaban J connectivity index is 3.62. The molecule has 0 saturated carbocycles. The standard InChI is InChI=1S/C11H20O2S2/c1-3-5-6-9-15(13)11-7-10-14(12)8-4-2/h4,7,11H,2-3,5-6,8-10H2,1H3. The van der Waals surface area contributed by atoms with Crippen LogP contribution in [0, 0.1) is 0 Å². The molecule has 0 fully saturated rings. The molecule has 15 heavy (non-hydrogen) atoms. The van der Waals surface area contributed by atoms with Crippen LogP contribution in [0.1, 0.15) is 26.2 Å². The number of hydrogen-bond acceptors (Lipinski definition) is 2. The quantitative estimate of drug-likeness (QED) is 0.464. The third-order valence-corrected chi connectivity index (χ3v) is 4.14. The Morgan fingerprint density at radius 1 is 1.20 bits per heavy atom. The number of hydrogen-bond donors (Lipinski definition) is 0. The van der Waals surface area contributed by atoms with Gasteiger partial charge in [0.05, 0.1) is 0 Å². The summed E-state index contributed by atoms with van der Waals surface area (Å²) >= 11 is 0. The molecule has 2 unspecified atom stereocenters. The van der Waals surface area contributed by atoms with Crippen LogP contribution in [0.4, 0.5) is 0 Å². The number of unbranched alkanes of at least 4 members (excludes halogenated alkanes) is 2. The highest BCUT2D eigenvalue weighted by Crippen LogP contribution is 1.97. The van der Waals surface area contributed by atoms with Gasteiger partial charge in [0, 0.05) is 38.9 Å². The molecule has 0 aromatic rings. The minimum atomic E-state index is -0.883. The molecule has 0 aromatic carbocycles. The Morgan fingerprint density at radius 2 is 1.93 bits per heavy atom. The van der Waals surface area contributed by atoms with Crippen LogP contribution in [-0.2, 0) is 21.6 Å². The van der Waals surface area contributed by atoms with Crippen LogP contribution < -0.4 is 0 Å². The van der Waals surface area contributed by atoms with E-state index in [-0.39, 0.29) is 0 Å². The zero-order chi connectivity index (χ0) is 11.5. The van der Waals surface area contributed by atoms with E-state index in [2.05, 4.69) is 13.5 Å². The van der Waals surface area contributed by atoms with Gasteiger partial charge in [-0.2, -0.15) is 0 Å². The van der Waals surface area contributed by atoms with Crippen LogP contribution in [0.15, 0.2) is 24.1 Å². The fourth-order valence-corrected chi connectivity index (χ4v) is 2.78. The topological polar surface area (TPSA) is 34.1 Å². The third-order valence-electron chi connectivity index (χ3n) is 1.78. The van der Waals surface area contributed by atoms with Crippen LogP contribution >= 0.6 is 0 Å². The van der Waals surface area contributed by atoms with Crippen LogP contribution in [0.25, 0.3) is 0 Å². The molecular weight excluding hydrogens is 228 g/mol. The number of rotatable bonds is 9. The van der Waals surface area contributed by atoms with Crippen LogP contribution in [0.3, 0.4) is 0 Å². The zero-order valence-corrected chi connectivity index (χ0v) is 10.9. The zero-order valence-electron chi connectivity index (χ0n) is 9.31. The van der Waals surface area contributed by atoms with E-state index in [1.165, 1.54) is 0 Å². The molecule has 0 radical (unpaired) electrons. The van der Waals surface area contributed by atoms with Crippen molar-refractivity contribution in [2.75, 3.05) is 17.3 Å². The molecule has 0 bridgehead atoms. The van der Waals surface area contributed by atoms with E-state index >= 15 is 0 Å². The molecule has 2 nitrogen and oxygen atoms in total. The Morgan fingerprint density at radius 3 is 2.53 bits per heavy atom. The molecule has 88 valence electrons. The van der Waals surface area contributed by atoms with Gasteiger partial charge in [0.25, 0.3) is 0 Å². The van der Waals surface area contributed by atoms with E-state index in [1.807, 2.05) is 0 Å². The molecule has 0 rings (SSSR count). The van der Waals surface area contributed by atoms with Crippen molar-refractivity contribution in [3.63, 3.8) is 0 Å². The minimum Gasteiger partial charge on any atom is -0.259 e. The van der Waals surface area contributed by atoms with Crippen LogP contribution in [0.5, 0.6) is 0 Å². The average Bonchev–Trinajstić information content (AvgIpc) is 2.18. The Labute approximate surface area is 97.8 Å². The second-order valence-corrected chi connectivity index (χ2v) is 6.21. The minimum absolute atomic E-state index is 0.478. The van der Waals surface area contributed by atoms with Gasteiger partial charge in [-0.15, -0.1) is 6.58 Å². The predicted octanol–water partition coefficient (Wildman–Crippen LogP) is 2.37. The first-order valence-corrected chi connectivity index (χ1v) is 8.07. The fraction of sp³-hybridized carbons (Fsp3) is 0.636. The molecule has 0 heterocycles. The van der Waals surface area contributed by atoms with Crippen molar-refractivity contribution in [1.29, 1.82) is 0 Å². The SMILES string of the molecule is C=CCS(=O)CC=CS(=O)CCCCC. The van der Waals surface area contributed by atoms with Crippen molar-refractivity contribution in [3.05, 3.63) is 24.1 Å². The van der Waals surface area contributed by atoms with Gasteiger partial charge in [-0.1, -0.05) is 31.9 Å². The lowest BCUT2D eigenvalue weighted by atomic mass is 10.3. The lowest BCUT2D eigenvalue weighted by Crippen LogP contribution is -1.98. The predicted molar refractivity (Wildman–Crippen MR) is 69.7 cm³/mol. The van der Waals surface area contributed by atoms with E-state index in [0.29, 0.717) is 11.5 Å². The van der Waals surface area contributed by atoms with Crippen LogP contribution in [-0.4, -0.2) is 25.7 Å². The summed E-state index contributed by atoms with van der Waals surface area (Å²) in [6.07, 6.45) is 6.67. The summed E-state index contributed by atoms with van der Waals surface area (Å²) in [6, 6.07) is 0. The molecule has 4 heteroatoms. The van der Waals surface area contributed by atoms with Gasteiger partial charge in [-0.05, 0) is 11.8 Å². The maximum Gasteiger partial charge on any atom is 0.0453 e. The summed E-state index contributed by atoms with van der Waals surface area (Å²) < 4.78 is 22.5. The van der Waals surface area contributed by atoms with E-state index in [4.69, 9.17) is 0 Å². The van der Waals surface area contributed by atoms with E-state index in [0.717, 1.165) is 25.0 Å². The first-order chi connectivity index (χ1) is 7.20. The summed E-state index contributed by atoms with van der Waals surface area (Å²) in [5.74, 6) is 1.71. The van der Waals surface area contributed by atoms with Gasteiger partial charge in [0.2, 0.25) is 0 Å². The van der Waals surface area contributed by atoms with Gasteiger partial charge < -0.3 is 0 Å². The molecule has 0 amide bonds. The largest absolute Gasteiger partial charge is 0.259 e. The highest BCUT2D eigenvalue weighted by Gasteiger charge is 1.95. The average molecular weight is 248 g/mol. The summed E-state index contributed by atoms with van der Waals surface area (Å²) in [7, 11) is -1.77. The Hall–Kier alpha value is -0.220. The summed E-state index contributed by atoms with van der Waals surface area (Å²) in [6.45, 7) is 5.64. The molecule has 0 spiro atoms. The summed E-state index contributed by atoms with van der Waals surface area (Å²) in [5.41, 5.74) is 0. The van der Waals surface area contributed by atoms with Gasteiger partial charge >= 0.3 is 0 Å². The van der Waals surface area contributed by atoms with E-state index in [9.17, 15) is 8.42 Å². The lowest BCUT2D eigenvalue weighted by molar-refractivity contribution is 0.681. The molecule has 0 N–H and O–H groups in total. The summed E-state index contributed by atoms with van der Waals surface area (Å²) in [5, 5.41) is 1.66. The fourth-order valence-electron chi connectivity index (χ4n) is 1.02. The van der Waals surface area contributed by atoms with E-state index < -0.39 is 21.6 Å². The second-order valence-electron chi connectivity index (χ2n) is 3.23. The second kappa shape index (κ2) is 10.3. The Kier molecular flexibility index (Phi) is 10.2. The molecule has 0 aliphatic rings. The highest BCUT2D eigenvalue weighted by atomic mass is 32.2. The molecule has 0 aliphatic heterocycles. The molecule has 0 aliphatic carbocycles. The van der Waals surface area contributed by atoms with Crippen molar-refractivity contribution in [3.8, 4) is 0 Å². The maximum absolute atomic E-state index is 11.4. The van der Waals surface area contributed by atoms with Crippen molar-refractivity contribution in [2.45, 2.75) is 26.2 Å². The summed E-state index contributed by atoms with van der Waals surface area (Å²) in [4.78, 5) is 0. The lowest BCUT2D eigenvalue weighted by Gasteiger charge is -1.95. The maximum atomic E-state index is 11.4. The smallest absolute Gasteiger partial charge is 0.0453 e. The van der Waals surface area contributed by atoms with Gasteiger partial charge in [-0.3, -0.25) is 8.42 Å². The van der Waals surface area contributed by atoms with Gasteiger partial charge in [0.15, 0.2) is 0 Å². The first-order valence-electron chi connectivity index (χ1n) is 5.20. The van der Waals surface area contributed by atoms with Crippen molar-refractivity contribution < 1.29 is 8.42 Å². The third kappa shape index (κ3) is 10.1.